The third kappa shape index (κ3) is 3.70. The summed E-state index contributed by atoms with van der Waals surface area (Å²) in [5.41, 5.74) is 2.80. The van der Waals surface area contributed by atoms with Crippen LogP contribution in [0, 0.1) is 0 Å². The van der Waals surface area contributed by atoms with Crippen molar-refractivity contribution in [2.75, 3.05) is 17.2 Å². The number of H-pyrrole nitrogens is 1. The third-order valence-electron chi connectivity index (χ3n) is 4.07. The van der Waals surface area contributed by atoms with E-state index in [4.69, 9.17) is 0 Å². The van der Waals surface area contributed by atoms with Crippen molar-refractivity contribution in [1.82, 2.24) is 9.97 Å². The highest BCUT2D eigenvalue weighted by Gasteiger charge is 2.22. The number of amides is 1. The van der Waals surface area contributed by atoms with Crippen LogP contribution in [0.4, 0.5) is 5.69 Å². The summed E-state index contributed by atoms with van der Waals surface area (Å²) in [7, 11) is 0. The van der Waals surface area contributed by atoms with E-state index >= 15 is 0 Å². The minimum Gasteiger partial charge on any atom is -0.311 e. The van der Waals surface area contributed by atoms with Crippen LogP contribution in [-0.4, -0.2) is 28.2 Å². The number of aryl methyl sites for hydroxylation is 1. The first kappa shape index (κ1) is 16.8. The second kappa shape index (κ2) is 7.21. The van der Waals surface area contributed by atoms with Crippen LogP contribution in [0.5, 0.6) is 0 Å². The Kier molecular flexibility index (Phi) is 5.04. The van der Waals surface area contributed by atoms with Crippen LogP contribution in [-0.2, 0) is 11.2 Å². The summed E-state index contributed by atoms with van der Waals surface area (Å²) in [6.07, 6.45) is 1.99. The van der Waals surface area contributed by atoms with Gasteiger partial charge in [-0.2, -0.15) is 0 Å². The molecule has 1 amide bonds. The molecule has 1 aromatic carbocycles. The number of carbonyl (C=O) groups is 1. The van der Waals surface area contributed by atoms with Gasteiger partial charge in [0.05, 0.1) is 11.4 Å². The fraction of sp³-hybridized carbons (Fsp3) is 0.389. The molecule has 0 saturated heterocycles. The number of aromatic nitrogens is 2. The monoisotopic (exact) mass is 343 g/mol. The minimum atomic E-state index is -0.174. The van der Waals surface area contributed by atoms with Gasteiger partial charge in [-0.05, 0) is 30.4 Å². The number of hydrogen-bond donors (Lipinski definition) is 1. The Bertz CT molecular complexity index is 801. The molecule has 1 aromatic heterocycles. The lowest BCUT2D eigenvalue weighted by Crippen LogP contribution is -2.36. The fourth-order valence-corrected chi connectivity index (χ4v) is 3.58. The van der Waals surface area contributed by atoms with Crippen molar-refractivity contribution >= 4 is 23.4 Å². The molecule has 0 radical (unpaired) electrons. The number of fused-ring (bicyclic) bond motifs is 1. The van der Waals surface area contributed by atoms with E-state index in [1.807, 2.05) is 36.9 Å². The molecule has 0 bridgehead atoms. The van der Waals surface area contributed by atoms with E-state index < -0.39 is 0 Å². The molecular formula is C18H21N3O2S. The number of hydrogen-bond acceptors (Lipinski definition) is 4. The van der Waals surface area contributed by atoms with Gasteiger partial charge in [-0.25, -0.2) is 4.98 Å². The predicted octanol–water partition coefficient (Wildman–Crippen LogP) is 2.96. The fourth-order valence-electron chi connectivity index (χ4n) is 2.82. The standard InChI is InChI=1S/C18H21N3O2S/c1-12(2)14-10-16(22)20-18(19-14)24-11-17(23)21-9-5-7-13-6-3-4-8-15(13)21/h3-4,6,8,10,12H,5,7,9,11H2,1-2H3,(H,19,20,22). The average molecular weight is 343 g/mol. The van der Waals surface area contributed by atoms with Gasteiger partial charge in [0, 0.05) is 18.3 Å². The predicted molar refractivity (Wildman–Crippen MR) is 96.8 cm³/mol. The van der Waals surface area contributed by atoms with E-state index in [1.54, 1.807) is 0 Å². The first-order valence-electron chi connectivity index (χ1n) is 8.17. The van der Waals surface area contributed by atoms with Crippen LogP contribution in [0.2, 0.25) is 0 Å². The Balaban J connectivity index is 1.72. The Hall–Kier alpha value is -2.08. The molecular weight excluding hydrogens is 322 g/mol. The molecule has 6 heteroatoms. The second-order valence-corrected chi connectivity index (χ2v) is 7.16. The average Bonchev–Trinajstić information content (AvgIpc) is 2.58. The normalized spacial score (nSPS) is 13.9. The zero-order valence-corrected chi connectivity index (χ0v) is 14.7. The Morgan fingerprint density at radius 3 is 2.96 bits per heavy atom. The molecule has 0 saturated carbocycles. The number of thioether (sulfide) groups is 1. The van der Waals surface area contributed by atoms with E-state index in [2.05, 4.69) is 16.0 Å². The van der Waals surface area contributed by atoms with Crippen LogP contribution < -0.4 is 10.5 Å². The van der Waals surface area contributed by atoms with Crippen molar-refractivity contribution in [2.45, 2.75) is 37.8 Å². The van der Waals surface area contributed by atoms with Crippen LogP contribution in [0.3, 0.4) is 0 Å². The van der Waals surface area contributed by atoms with Gasteiger partial charge in [-0.3, -0.25) is 9.59 Å². The maximum atomic E-state index is 12.6. The smallest absolute Gasteiger partial charge is 0.251 e. The summed E-state index contributed by atoms with van der Waals surface area (Å²) in [4.78, 5) is 33.3. The lowest BCUT2D eigenvalue weighted by atomic mass is 10.0. The summed E-state index contributed by atoms with van der Waals surface area (Å²) in [5.74, 6) is 0.486. The molecule has 2 aromatic rings. The van der Waals surface area contributed by atoms with Crippen LogP contribution in [0.15, 0.2) is 40.3 Å². The van der Waals surface area contributed by atoms with Crippen molar-refractivity contribution in [1.29, 1.82) is 0 Å². The van der Waals surface area contributed by atoms with Crippen molar-refractivity contribution in [3.8, 4) is 0 Å². The number of para-hydroxylation sites is 1. The first-order valence-corrected chi connectivity index (χ1v) is 9.15. The quantitative estimate of drug-likeness (QED) is 0.685. The summed E-state index contributed by atoms with van der Waals surface area (Å²) < 4.78 is 0. The van der Waals surface area contributed by atoms with Gasteiger partial charge < -0.3 is 9.88 Å². The molecule has 1 aliphatic heterocycles. The maximum Gasteiger partial charge on any atom is 0.251 e. The van der Waals surface area contributed by atoms with Gasteiger partial charge in [0.15, 0.2) is 5.16 Å². The number of nitrogens with zero attached hydrogens (tertiary/aromatic N) is 2. The molecule has 0 aliphatic carbocycles. The van der Waals surface area contributed by atoms with E-state index in [0.29, 0.717) is 5.16 Å². The number of anilines is 1. The third-order valence-corrected chi connectivity index (χ3v) is 4.93. The van der Waals surface area contributed by atoms with Crippen LogP contribution >= 0.6 is 11.8 Å². The summed E-state index contributed by atoms with van der Waals surface area (Å²) in [5, 5.41) is 0.504. The van der Waals surface area contributed by atoms with E-state index in [0.717, 1.165) is 30.8 Å². The summed E-state index contributed by atoms with van der Waals surface area (Å²) in [6.45, 7) is 4.73. The van der Waals surface area contributed by atoms with Gasteiger partial charge in [0.2, 0.25) is 5.91 Å². The largest absolute Gasteiger partial charge is 0.311 e. The molecule has 24 heavy (non-hydrogen) atoms. The SMILES string of the molecule is CC(C)c1cc(=O)[nH]c(SCC(=O)N2CCCc3ccccc32)n1. The van der Waals surface area contributed by atoms with Crippen molar-refractivity contribution in [3.63, 3.8) is 0 Å². The molecule has 5 nitrogen and oxygen atoms in total. The van der Waals surface area contributed by atoms with E-state index in [1.165, 1.54) is 23.4 Å². The molecule has 1 N–H and O–H groups in total. The molecule has 1 aliphatic rings. The number of rotatable bonds is 4. The molecule has 0 fully saturated rings. The first-order chi connectivity index (χ1) is 11.5. The van der Waals surface area contributed by atoms with Gasteiger partial charge in [0.25, 0.3) is 5.56 Å². The maximum absolute atomic E-state index is 12.6. The van der Waals surface area contributed by atoms with Gasteiger partial charge >= 0.3 is 0 Å². The minimum absolute atomic E-state index is 0.0461. The van der Waals surface area contributed by atoms with Gasteiger partial charge in [0.1, 0.15) is 0 Å². The second-order valence-electron chi connectivity index (χ2n) is 6.20. The van der Waals surface area contributed by atoms with Crippen LogP contribution in [0.1, 0.15) is 37.4 Å². The van der Waals surface area contributed by atoms with Crippen LogP contribution in [0.25, 0.3) is 0 Å². The van der Waals surface area contributed by atoms with E-state index in [9.17, 15) is 9.59 Å². The molecule has 0 atom stereocenters. The topological polar surface area (TPSA) is 66.1 Å². The number of carbonyl (C=O) groups excluding carboxylic acids is 1. The number of benzene rings is 1. The molecule has 3 rings (SSSR count). The Morgan fingerprint density at radius 2 is 2.17 bits per heavy atom. The summed E-state index contributed by atoms with van der Waals surface area (Å²) >= 11 is 1.28. The molecule has 0 spiro atoms. The molecule has 2 heterocycles. The highest BCUT2D eigenvalue weighted by Crippen LogP contribution is 2.27. The lowest BCUT2D eigenvalue weighted by Gasteiger charge is -2.29. The zero-order valence-electron chi connectivity index (χ0n) is 13.9. The van der Waals surface area contributed by atoms with Gasteiger partial charge in [-0.15, -0.1) is 0 Å². The number of nitrogens with one attached hydrogen (secondary N) is 1. The summed E-state index contributed by atoms with van der Waals surface area (Å²) in [6, 6.07) is 9.55. The molecule has 126 valence electrons. The molecule has 0 unspecified atom stereocenters. The highest BCUT2D eigenvalue weighted by molar-refractivity contribution is 7.99. The van der Waals surface area contributed by atoms with Crippen molar-refractivity contribution in [3.05, 3.63) is 51.9 Å². The van der Waals surface area contributed by atoms with Crippen molar-refractivity contribution < 1.29 is 4.79 Å². The lowest BCUT2D eigenvalue weighted by molar-refractivity contribution is -0.116. The Morgan fingerprint density at radius 1 is 1.38 bits per heavy atom. The van der Waals surface area contributed by atoms with Crippen molar-refractivity contribution in [2.24, 2.45) is 0 Å². The van der Waals surface area contributed by atoms with E-state index in [-0.39, 0.29) is 23.1 Å². The van der Waals surface area contributed by atoms with Gasteiger partial charge in [-0.1, -0.05) is 43.8 Å². The number of aromatic amines is 1. The highest BCUT2D eigenvalue weighted by atomic mass is 32.2. The Labute approximate surface area is 145 Å². The zero-order chi connectivity index (χ0) is 17.1.